The van der Waals surface area contributed by atoms with Crippen LogP contribution in [0.3, 0.4) is 0 Å². The van der Waals surface area contributed by atoms with Crippen LogP contribution in [0.15, 0.2) is 43.9 Å². The summed E-state index contributed by atoms with van der Waals surface area (Å²) in [4.78, 5) is 0. The topological polar surface area (TPSA) is 34.4 Å². The molecule has 102 valence electrons. The molecule has 0 radical (unpaired) electrons. The van der Waals surface area contributed by atoms with Crippen molar-refractivity contribution in [2.75, 3.05) is 11.9 Å². The van der Waals surface area contributed by atoms with Gasteiger partial charge in [-0.15, -0.1) is 0 Å². The van der Waals surface area contributed by atoms with Gasteiger partial charge in [-0.1, -0.05) is 6.92 Å². The van der Waals surface area contributed by atoms with Crippen LogP contribution >= 0.6 is 31.9 Å². The number of anilines is 1. The zero-order chi connectivity index (χ0) is 13.7. The molecular weight excluding hydrogens is 374 g/mol. The molecule has 0 aliphatic rings. The summed E-state index contributed by atoms with van der Waals surface area (Å²) < 4.78 is 12.7. The molecule has 5 heteroatoms. The van der Waals surface area contributed by atoms with Gasteiger partial charge >= 0.3 is 0 Å². The lowest BCUT2D eigenvalue weighted by molar-refractivity contribution is 0.317. The van der Waals surface area contributed by atoms with Crippen LogP contribution in [-0.2, 0) is 6.54 Å². The van der Waals surface area contributed by atoms with Gasteiger partial charge in [-0.2, -0.15) is 0 Å². The molecule has 0 bridgehead atoms. The maximum Gasteiger partial charge on any atom is 0.183 e. The lowest BCUT2D eigenvalue weighted by Gasteiger charge is -2.07. The largest absolute Gasteiger partial charge is 0.494 e. The Bertz CT molecular complexity index is 503. The molecule has 1 heterocycles. The Morgan fingerprint density at radius 1 is 1.21 bits per heavy atom. The van der Waals surface area contributed by atoms with E-state index in [2.05, 4.69) is 44.1 Å². The van der Waals surface area contributed by atoms with Crippen LogP contribution in [0.25, 0.3) is 0 Å². The van der Waals surface area contributed by atoms with E-state index in [0.717, 1.165) is 34.7 Å². The lowest BCUT2D eigenvalue weighted by atomic mass is 10.3. The first-order chi connectivity index (χ1) is 9.19. The second kappa shape index (κ2) is 7.01. The van der Waals surface area contributed by atoms with Crippen molar-refractivity contribution in [3.8, 4) is 5.75 Å². The van der Waals surface area contributed by atoms with Gasteiger partial charge in [0.15, 0.2) is 4.67 Å². The second-order valence-electron chi connectivity index (χ2n) is 4.06. The number of hydrogen-bond acceptors (Lipinski definition) is 3. The molecule has 3 nitrogen and oxygen atoms in total. The molecule has 1 aromatic carbocycles. The second-order valence-corrected chi connectivity index (χ2v) is 5.64. The molecule has 1 N–H and O–H groups in total. The van der Waals surface area contributed by atoms with Crippen LogP contribution in [0.5, 0.6) is 5.75 Å². The minimum absolute atomic E-state index is 0.638. The van der Waals surface area contributed by atoms with Gasteiger partial charge in [0.05, 0.1) is 17.6 Å². The van der Waals surface area contributed by atoms with Crippen molar-refractivity contribution >= 4 is 37.5 Å². The van der Waals surface area contributed by atoms with Crippen molar-refractivity contribution < 1.29 is 9.15 Å². The van der Waals surface area contributed by atoms with Crippen LogP contribution < -0.4 is 10.1 Å². The van der Waals surface area contributed by atoms with Crippen LogP contribution in [0.4, 0.5) is 5.69 Å². The summed E-state index contributed by atoms with van der Waals surface area (Å²) in [5.74, 6) is 1.76. The number of halogens is 2. The van der Waals surface area contributed by atoms with Crippen molar-refractivity contribution in [1.82, 2.24) is 0 Å². The van der Waals surface area contributed by atoms with Gasteiger partial charge in [0.2, 0.25) is 0 Å². The van der Waals surface area contributed by atoms with Crippen LogP contribution in [-0.4, -0.2) is 6.61 Å². The molecule has 0 atom stereocenters. The minimum Gasteiger partial charge on any atom is -0.494 e. The van der Waals surface area contributed by atoms with Gasteiger partial charge in [-0.25, -0.2) is 0 Å². The monoisotopic (exact) mass is 387 g/mol. The lowest BCUT2D eigenvalue weighted by Crippen LogP contribution is -1.98. The van der Waals surface area contributed by atoms with Crippen LogP contribution in [0, 0.1) is 0 Å². The maximum atomic E-state index is 5.53. The fourth-order valence-corrected chi connectivity index (χ4v) is 2.22. The van der Waals surface area contributed by atoms with E-state index in [9.17, 15) is 0 Å². The molecule has 2 rings (SSSR count). The predicted molar refractivity (Wildman–Crippen MR) is 83.7 cm³/mol. The Morgan fingerprint density at radius 2 is 1.95 bits per heavy atom. The van der Waals surface area contributed by atoms with E-state index < -0.39 is 0 Å². The average molecular weight is 389 g/mol. The number of ether oxygens (including phenoxy) is 1. The van der Waals surface area contributed by atoms with Crippen molar-refractivity contribution in [3.05, 3.63) is 45.2 Å². The third-order valence-electron chi connectivity index (χ3n) is 2.49. The Morgan fingerprint density at radius 3 is 2.53 bits per heavy atom. The van der Waals surface area contributed by atoms with Crippen LogP contribution in [0.2, 0.25) is 0 Å². The number of nitrogens with one attached hydrogen (secondary N) is 1. The van der Waals surface area contributed by atoms with E-state index >= 15 is 0 Å². The first kappa shape index (κ1) is 14.5. The molecule has 1 aromatic heterocycles. The Hall–Kier alpha value is -0.940. The highest BCUT2D eigenvalue weighted by Gasteiger charge is 2.05. The van der Waals surface area contributed by atoms with Gasteiger partial charge < -0.3 is 14.5 Å². The summed E-state index contributed by atoms with van der Waals surface area (Å²) in [7, 11) is 0. The van der Waals surface area contributed by atoms with E-state index in [-0.39, 0.29) is 0 Å². The van der Waals surface area contributed by atoms with E-state index in [4.69, 9.17) is 9.15 Å². The normalized spacial score (nSPS) is 10.5. The van der Waals surface area contributed by atoms with E-state index in [1.54, 1.807) is 0 Å². The zero-order valence-corrected chi connectivity index (χ0v) is 13.8. The van der Waals surface area contributed by atoms with Gasteiger partial charge in [0.1, 0.15) is 11.5 Å². The summed E-state index contributed by atoms with van der Waals surface area (Å²) >= 11 is 6.71. The van der Waals surface area contributed by atoms with Gasteiger partial charge in [-0.05, 0) is 68.6 Å². The fourth-order valence-electron chi connectivity index (χ4n) is 1.56. The number of hydrogen-bond donors (Lipinski definition) is 1. The SMILES string of the molecule is CCCOc1ccc(NCc2cc(Br)c(Br)o2)cc1. The van der Waals surface area contributed by atoms with Gasteiger partial charge in [0, 0.05) is 5.69 Å². The average Bonchev–Trinajstić information content (AvgIpc) is 2.74. The summed E-state index contributed by atoms with van der Waals surface area (Å²) in [6.45, 7) is 3.48. The highest BCUT2D eigenvalue weighted by atomic mass is 79.9. The molecule has 0 saturated carbocycles. The van der Waals surface area contributed by atoms with E-state index in [1.165, 1.54) is 0 Å². The molecule has 19 heavy (non-hydrogen) atoms. The first-order valence-corrected chi connectivity index (χ1v) is 7.68. The molecule has 0 aliphatic heterocycles. The summed E-state index contributed by atoms with van der Waals surface area (Å²) in [5, 5.41) is 3.29. The minimum atomic E-state index is 0.638. The molecule has 2 aromatic rings. The zero-order valence-electron chi connectivity index (χ0n) is 10.6. The maximum absolute atomic E-state index is 5.53. The number of benzene rings is 1. The third-order valence-corrected chi connectivity index (χ3v) is 4.20. The Labute approximate surface area is 129 Å². The molecule has 0 amide bonds. The quantitative estimate of drug-likeness (QED) is 0.737. The first-order valence-electron chi connectivity index (χ1n) is 6.09. The molecule has 0 aliphatic carbocycles. The van der Waals surface area contributed by atoms with Crippen molar-refractivity contribution in [2.24, 2.45) is 0 Å². The molecule has 0 spiro atoms. The molecule has 0 fully saturated rings. The number of furan rings is 1. The van der Waals surface area contributed by atoms with Gasteiger partial charge in [-0.3, -0.25) is 0 Å². The molecule has 0 unspecified atom stereocenters. The van der Waals surface area contributed by atoms with Gasteiger partial charge in [0.25, 0.3) is 0 Å². The Balaban J connectivity index is 1.89. The fraction of sp³-hybridized carbons (Fsp3) is 0.286. The molecule has 0 saturated heterocycles. The Kier molecular flexibility index (Phi) is 5.34. The standard InChI is InChI=1S/C14H15Br2NO2/c1-2-7-18-11-5-3-10(4-6-11)17-9-12-8-13(15)14(16)19-12/h3-6,8,17H,2,7,9H2,1H3. The smallest absolute Gasteiger partial charge is 0.183 e. The predicted octanol–water partition coefficient (Wildman–Crippen LogP) is 5.21. The summed E-state index contributed by atoms with van der Waals surface area (Å²) in [6.07, 6.45) is 1.02. The summed E-state index contributed by atoms with van der Waals surface area (Å²) in [5.41, 5.74) is 1.03. The van der Waals surface area contributed by atoms with Crippen molar-refractivity contribution in [3.63, 3.8) is 0 Å². The third kappa shape index (κ3) is 4.28. The van der Waals surface area contributed by atoms with Crippen molar-refractivity contribution in [2.45, 2.75) is 19.9 Å². The summed E-state index contributed by atoms with van der Waals surface area (Å²) in [6, 6.07) is 9.86. The van der Waals surface area contributed by atoms with E-state index in [0.29, 0.717) is 11.2 Å². The van der Waals surface area contributed by atoms with E-state index in [1.807, 2.05) is 30.3 Å². The van der Waals surface area contributed by atoms with Crippen molar-refractivity contribution in [1.29, 1.82) is 0 Å². The highest BCUT2D eigenvalue weighted by molar-refractivity contribution is 9.13. The number of rotatable bonds is 6. The van der Waals surface area contributed by atoms with Crippen LogP contribution in [0.1, 0.15) is 19.1 Å². The highest BCUT2D eigenvalue weighted by Crippen LogP contribution is 2.27. The molecular formula is C14H15Br2NO2.